The molecule has 1 aliphatic rings. The molecule has 0 bridgehead atoms. The van der Waals surface area contributed by atoms with Crippen molar-refractivity contribution in [1.29, 1.82) is 0 Å². The summed E-state index contributed by atoms with van der Waals surface area (Å²) in [5.74, 6) is -0.142. The van der Waals surface area contributed by atoms with E-state index in [2.05, 4.69) is 26.6 Å². The van der Waals surface area contributed by atoms with E-state index in [1.54, 1.807) is 6.20 Å². The molecule has 5 heteroatoms. The molecule has 2 N–H and O–H groups in total. The number of rotatable bonds is 3. The maximum absolute atomic E-state index is 12.6. The number of aromatic nitrogens is 2. The van der Waals surface area contributed by atoms with Gasteiger partial charge in [0, 0.05) is 12.0 Å². The van der Waals surface area contributed by atoms with Crippen molar-refractivity contribution in [2.24, 2.45) is 4.99 Å². The number of anilines is 1. The maximum Gasteiger partial charge on any atom is 0.256 e. The van der Waals surface area contributed by atoms with Crippen molar-refractivity contribution in [3.05, 3.63) is 76.6 Å². The number of nitrogens with one attached hydrogen (secondary N) is 2. The summed E-state index contributed by atoms with van der Waals surface area (Å²) in [6, 6.07) is 13.8. The fourth-order valence-electron chi connectivity index (χ4n) is 3.14. The first kappa shape index (κ1) is 15.3. The first-order valence-electron chi connectivity index (χ1n) is 8.19. The molecule has 4 rings (SSSR count). The highest BCUT2D eigenvalue weighted by Gasteiger charge is 2.21. The van der Waals surface area contributed by atoms with Crippen molar-refractivity contribution in [3.63, 3.8) is 0 Å². The zero-order valence-electron chi connectivity index (χ0n) is 14.1. The topological polar surface area (TPSA) is 70.1 Å². The summed E-state index contributed by atoms with van der Waals surface area (Å²) in [5.41, 5.74) is 7.19. The summed E-state index contributed by atoms with van der Waals surface area (Å²) >= 11 is 0. The molecule has 0 unspecified atom stereocenters. The number of H-pyrrole nitrogens is 1. The Morgan fingerprint density at radius 3 is 2.80 bits per heavy atom. The molecular formula is C20H18N4O. The van der Waals surface area contributed by atoms with Crippen LogP contribution in [0, 0.1) is 13.8 Å². The van der Waals surface area contributed by atoms with Crippen LogP contribution < -0.4 is 5.32 Å². The van der Waals surface area contributed by atoms with Crippen LogP contribution in [0.2, 0.25) is 0 Å². The predicted octanol–water partition coefficient (Wildman–Crippen LogP) is 3.96. The number of aliphatic imine (C=N–C) groups is 1. The van der Waals surface area contributed by atoms with E-state index in [1.165, 1.54) is 5.56 Å². The maximum atomic E-state index is 12.6. The molecule has 0 aliphatic carbocycles. The quantitative estimate of drug-likeness (QED) is 0.763. The molecule has 2 aromatic carbocycles. The van der Waals surface area contributed by atoms with Crippen molar-refractivity contribution < 1.29 is 4.79 Å². The van der Waals surface area contributed by atoms with Crippen LogP contribution in [0.25, 0.3) is 0 Å². The second kappa shape index (κ2) is 6.02. The van der Waals surface area contributed by atoms with Crippen LogP contribution >= 0.6 is 0 Å². The number of aromatic amines is 1. The SMILES string of the molecule is Cc1ccc(C(=O)Nc2cn[nH]c2C2=Nc3ccccc3C2)c(C)c1. The number of carbonyl (C=O) groups is 1. The largest absolute Gasteiger partial charge is 0.319 e. The zero-order chi connectivity index (χ0) is 17.4. The van der Waals surface area contributed by atoms with E-state index < -0.39 is 0 Å². The molecule has 0 spiro atoms. The molecule has 0 saturated heterocycles. The van der Waals surface area contributed by atoms with Crippen LogP contribution in [-0.2, 0) is 6.42 Å². The lowest BCUT2D eigenvalue weighted by Gasteiger charge is -2.08. The summed E-state index contributed by atoms with van der Waals surface area (Å²) in [6.45, 7) is 3.95. The van der Waals surface area contributed by atoms with Gasteiger partial charge >= 0.3 is 0 Å². The van der Waals surface area contributed by atoms with Crippen molar-refractivity contribution in [3.8, 4) is 0 Å². The number of nitrogens with zero attached hydrogens (tertiary/aromatic N) is 2. The van der Waals surface area contributed by atoms with Crippen molar-refractivity contribution >= 4 is 23.0 Å². The number of para-hydroxylation sites is 1. The smallest absolute Gasteiger partial charge is 0.256 e. The van der Waals surface area contributed by atoms with Crippen LogP contribution in [0.5, 0.6) is 0 Å². The number of fused-ring (bicyclic) bond motifs is 1. The first-order valence-corrected chi connectivity index (χ1v) is 8.19. The predicted molar refractivity (Wildman–Crippen MR) is 98.8 cm³/mol. The summed E-state index contributed by atoms with van der Waals surface area (Å²) in [7, 11) is 0. The van der Waals surface area contributed by atoms with Crippen LogP contribution in [0.3, 0.4) is 0 Å². The first-order chi connectivity index (χ1) is 12.1. The number of amides is 1. The average Bonchev–Trinajstić information content (AvgIpc) is 3.20. The average molecular weight is 330 g/mol. The van der Waals surface area contributed by atoms with E-state index in [1.807, 2.05) is 50.2 Å². The number of benzene rings is 2. The molecule has 0 fully saturated rings. The van der Waals surface area contributed by atoms with Gasteiger partial charge in [-0.2, -0.15) is 5.10 Å². The number of hydrogen-bond donors (Lipinski definition) is 2. The van der Waals surface area contributed by atoms with Gasteiger partial charge in [-0.05, 0) is 37.1 Å². The normalized spacial score (nSPS) is 12.6. The minimum absolute atomic E-state index is 0.142. The Labute approximate surface area is 145 Å². The van der Waals surface area contributed by atoms with Crippen LogP contribution in [0.1, 0.15) is 32.7 Å². The fourth-order valence-corrected chi connectivity index (χ4v) is 3.14. The van der Waals surface area contributed by atoms with Gasteiger partial charge in [0.25, 0.3) is 5.91 Å². The van der Waals surface area contributed by atoms with Crippen molar-refractivity contribution in [2.75, 3.05) is 5.32 Å². The Hall–Kier alpha value is -3.21. The second-order valence-corrected chi connectivity index (χ2v) is 6.30. The van der Waals surface area contributed by atoms with Gasteiger partial charge in [0.2, 0.25) is 0 Å². The summed E-state index contributed by atoms with van der Waals surface area (Å²) in [6.07, 6.45) is 2.35. The highest BCUT2D eigenvalue weighted by atomic mass is 16.1. The second-order valence-electron chi connectivity index (χ2n) is 6.30. The monoisotopic (exact) mass is 330 g/mol. The lowest BCUT2D eigenvalue weighted by atomic mass is 10.0. The standard InChI is InChI=1S/C20H18N4O/c1-12-7-8-15(13(2)9-12)20(25)23-18-11-21-24-19(18)17-10-14-5-3-4-6-16(14)22-17/h3-9,11H,10H2,1-2H3,(H,21,24)(H,23,25). The zero-order valence-corrected chi connectivity index (χ0v) is 14.1. The number of hydrogen-bond acceptors (Lipinski definition) is 3. The number of aryl methyl sites for hydroxylation is 2. The molecule has 5 nitrogen and oxygen atoms in total. The Morgan fingerprint density at radius 2 is 2.00 bits per heavy atom. The molecule has 2 heterocycles. The third kappa shape index (κ3) is 2.85. The molecule has 25 heavy (non-hydrogen) atoms. The van der Waals surface area contributed by atoms with Crippen molar-refractivity contribution in [2.45, 2.75) is 20.3 Å². The van der Waals surface area contributed by atoms with E-state index in [-0.39, 0.29) is 5.91 Å². The molecular weight excluding hydrogens is 312 g/mol. The molecule has 1 amide bonds. The van der Waals surface area contributed by atoms with Crippen LogP contribution in [-0.4, -0.2) is 21.8 Å². The molecule has 3 aromatic rings. The Balaban J connectivity index is 1.60. The van der Waals surface area contributed by atoms with Crippen molar-refractivity contribution in [1.82, 2.24) is 10.2 Å². The molecule has 124 valence electrons. The van der Waals surface area contributed by atoms with Crippen LogP contribution in [0.15, 0.2) is 53.7 Å². The Morgan fingerprint density at radius 1 is 1.16 bits per heavy atom. The van der Waals surface area contributed by atoms with E-state index in [4.69, 9.17) is 0 Å². The third-order valence-electron chi connectivity index (χ3n) is 4.41. The van der Waals surface area contributed by atoms with Gasteiger partial charge in [-0.1, -0.05) is 35.9 Å². The van der Waals surface area contributed by atoms with E-state index >= 15 is 0 Å². The van der Waals surface area contributed by atoms with Gasteiger partial charge in [-0.15, -0.1) is 0 Å². The molecule has 0 radical (unpaired) electrons. The van der Waals surface area contributed by atoms with E-state index in [0.29, 0.717) is 11.3 Å². The Kier molecular flexibility index (Phi) is 3.69. The summed E-state index contributed by atoms with van der Waals surface area (Å²) in [4.78, 5) is 17.3. The van der Waals surface area contributed by atoms with Gasteiger partial charge in [0.05, 0.1) is 23.3 Å². The van der Waals surface area contributed by atoms with E-state index in [9.17, 15) is 4.79 Å². The highest BCUT2D eigenvalue weighted by Crippen LogP contribution is 2.30. The highest BCUT2D eigenvalue weighted by molar-refractivity contribution is 6.12. The molecule has 1 aliphatic heterocycles. The van der Waals surface area contributed by atoms with Gasteiger partial charge in [0.15, 0.2) is 0 Å². The Bertz CT molecular complexity index is 1000. The number of carbonyl (C=O) groups excluding carboxylic acids is 1. The minimum Gasteiger partial charge on any atom is -0.319 e. The van der Waals surface area contributed by atoms with Crippen LogP contribution in [0.4, 0.5) is 11.4 Å². The lowest BCUT2D eigenvalue weighted by molar-refractivity contribution is 0.102. The van der Waals surface area contributed by atoms with Gasteiger partial charge < -0.3 is 5.32 Å². The molecule has 0 saturated carbocycles. The molecule has 1 aromatic heterocycles. The third-order valence-corrected chi connectivity index (χ3v) is 4.41. The fraction of sp³-hybridized carbons (Fsp3) is 0.150. The van der Waals surface area contributed by atoms with E-state index in [0.717, 1.165) is 34.6 Å². The molecule has 0 atom stereocenters. The lowest BCUT2D eigenvalue weighted by Crippen LogP contribution is -2.15. The summed E-state index contributed by atoms with van der Waals surface area (Å²) in [5, 5.41) is 10.0. The minimum atomic E-state index is -0.142. The van der Waals surface area contributed by atoms with Gasteiger partial charge in [0.1, 0.15) is 5.69 Å². The summed E-state index contributed by atoms with van der Waals surface area (Å²) < 4.78 is 0. The van der Waals surface area contributed by atoms with Gasteiger partial charge in [-0.3, -0.25) is 14.9 Å². The van der Waals surface area contributed by atoms with Gasteiger partial charge in [-0.25, -0.2) is 0 Å².